The summed E-state index contributed by atoms with van der Waals surface area (Å²) in [7, 11) is 3.48. The molecular weight excluding hydrogens is 250 g/mol. The van der Waals surface area contributed by atoms with Crippen LogP contribution in [0.3, 0.4) is 0 Å². The molecule has 0 aromatic heterocycles. The van der Waals surface area contributed by atoms with Gasteiger partial charge in [-0.05, 0) is 37.0 Å². The van der Waals surface area contributed by atoms with Crippen molar-refractivity contribution in [1.82, 2.24) is 10.6 Å². The number of ether oxygens (including phenoxy) is 1. The third-order valence-corrected chi connectivity index (χ3v) is 3.45. The molecule has 0 fully saturated rings. The largest absolute Gasteiger partial charge is 0.497 e. The van der Waals surface area contributed by atoms with Gasteiger partial charge in [0.15, 0.2) is 5.96 Å². The molecule has 1 aromatic carbocycles. The molecule has 0 aliphatic heterocycles. The summed E-state index contributed by atoms with van der Waals surface area (Å²) in [5.74, 6) is 2.33. The molecular formula is C16H27N3O. The minimum atomic E-state index is 0.405. The van der Waals surface area contributed by atoms with E-state index >= 15 is 0 Å². The Hall–Kier alpha value is -1.71. The zero-order chi connectivity index (χ0) is 15.0. The molecule has 0 aliphatic rings. The van der Waals surface area contributed by atoms with Gasteiger partial charge in [-0.15, -0.1) is 0 Å². The zero-order valence-corrected chi connectivity index (χ0v) is 13.2. The second-order valence-corrected chi connectivity index (χ2v) is 5.27. The van der Waals surface area contributed by atoms with Crippen LogP contribution in [0.5, 0.6) is 5.75 Å². The molecule has 2 N–H and O–H groups in total. The Balaban J connectivity index is 2.37. The number of aliphatic imine (C=N–C) groups is 1. The summed E-state index contributed by atoms with van der Waals surface area (Å²) in [6, 6.07) is 8.56. The van der Waals surface area contributed by atoms with Gasteiger partial charge in [-0.1, -0.05) is 26.0 Å². The molecule has 0 amide bonds. The second-order valence-electron chi connectivity index (χ2n) is 5.27. The van der Waals surface area contributed by atoms with Crippen LogP contribution in [0.1, 0.15) is 26.3 Å². The summed E-state index contributed by atoms with van der Waals surface area (Å²) in [6.45, 7) is 7.42. The maximum atomic E-state index is 5.15. The van der Waals surface area contributed by atoms with E-state index in [4.69, 9.17) is 4.74 Å². The average Bonchev–Trinajstić information content (AvgIpc) is 2.46. The molecule has 0 saturated carbocycles. The molecule has 0 radical (unpaired) electrons. The Morgan fingerprint density at radius 1 is 1.20 bits per heavy atom. The van der Waals surface area contributed by atoms with Crippen LogP contribution in [0.15, 0.2) is 29.3 Å². The minimum absolute atomic E-state index is 0.405. The number of benzene rings is 1. The summed E-state index contributed by atoms with van der Waals surface area (Å²) in [6.07, 6.45) is 0.959. The Bertz CT molecular complexity index is 412. The first-order valence-electron chi connectivity index (χ1n) is 7.17. The van der Waals surface area contributed by atoms with Crippen LogP contribution in [0.25, 0.3) is 0 Å². The minimum Gasteiger partial charge on any atom is -0.497 e. The van der Waals surface area contributed by atoms with Crippen molar-refractivity contribution in [2.24, 2.45) is 10.9 Å². The first-order chi connectivity index (χ1) is 9.56. The summed E-state index contributed by atoms with van der Waals surface area (Å²) >= 11 is 0. The van der Waals surface area contributed by atoms with Crippen LogP contribution in [0.4, 0.5) is 0 Å². The highest BCUT2D eigenvalue weighted by Crippen LogP contribution is 2.11. The molecule has 1 aromatic rings. The molecule has 1 rings (SSSR count). The van der Waals surface area contributed by atoms with Crippen LogP contribution in [-0.2, 0) is 6.42 Å². The van der Waals surface area contributed by atoms with Gasteiger partial charge >= 0.3 is 0 Å². The fraction of sp³-hybridized carbons (Fsp3) is 0.562. The van der Waals surface area contributed by atoms with E-state index < -0.39 is 0 Å². The molecule has 0 saturated heterocycles. The molecule has 4 nitrogen and oxygen atoms in total. The maximum absolute atomic E-state index is 5.15. The highest BCUT2D eigenvalue weighted by Gasteiger charge is 2.08. The van der Waals surface area contributed by atoms with Crippen molar-refractivity contribution in [3.05, 3.63) is 29.8 Å². The lowest BCUT2D eigenvalue weighted by atomic mass is 10.1. The van der Waals surface area contributed by atoms with Crippen LogP contribution in [0.2, 0.25) is 0 Å². The van der Waals surface area contributed by atoms with Gasteiger partial charge in [-0.2, -0.15) is 0 Å². The summed E-state index contributed by atoms with van der Waals surface area (Å²) in [5.41, 5.74) is 1.28. The molecule has 112 valence electrons. The van der Waals surface area contributed by atoms with Crippen LogP contribution in [-0.4, -0.2) is 32.7 Å². The summed E-state index contributed by atoms with van der Waals surface area (Å²) in [4.78, 5) is 4.24. The number of nitrogens with one attached hydrogen (secondary N) is 2. The number of hydrogen-bond donors (Lipinski definition) is 2. The van der Waals surface area contributed by atoms with E-state index in [1.807, 2.05) is 12.1 Å². The number of rotatable bonds is 6. The summed E-state index contributed by atoms with van der Waals surface area (Å²) in [5, 5.41) is 6.73. The maximum Gasteiger partial charge on any atom is 0.191 e. The van der Waals surface area contributed by atoms with E-state index in [2.05, 4.69) is 48.5 Å². The van der Waals surface area contributed by atoms with Crippen LogP contribution >= 0.6 is 0 Å². The van der Waals surface area contributed by atoms with Crippen molar-refractivity contribution in [1.29, 1.82) is 0 Å². The number of guanidine groups is 1. The Labute approximate surface area is 122 Å². The molecule has 0 bridgehead atoms. The standard InChI is InChI=1S/C16H27N3O/c1-12(2)13(3)19-16(17-4)18-11-10-14-6-8-15(20-5)9-7-14/h6-9,12-13H,10-11H2,1-5H3,(H2,17,18,19). The van der Waals surface area contributed by atoms with Gasteiger partial charge in [-0.25, -0.2) is 0 Å². The van der Waals surface area contributed by atoms with E-state index in [0.717, 1.165) is 24.7 Å². The Morgan fingerprint density at radius 3 is 2.35 bits per heavy atom. The van der Waals surface area contributed by atoms with E-state index in [1.54, 1.807) is 14.2 Å². The third kappa shape index (κ3) is 5.51. The van der Waals surface area contributed by atoms with Crippen molar-refractivity contribution in [3.63, 3.8) is 0 Å². The number of hydrogen-bond acceptors (Lipinski definition) is 2. The van der Waals surface area contributed by atoms with E-state index in [0.29, 0.717) is 12.0 Å². The highest BCUT2D eigenvalue weighted by atomic mass is 16.5. The lowest BCUT2D eigenvalue weighted by molar-refractivity contribution is 0.414. The van der Waals surface area contributed by atoms with E-state index in [1.165, 1.54) is 5.56 Å². The topological polar surface area (TPSA) is 45.7 Å². The van der Waals surface area contributed by atoms with Gasteiger partial charge in [0.25, 0.3) is 0 Å². The first-order valence-corrected chi connectivity index (χ1v) is 7.17. The molecule has 0 heterocycles. The fourth-order valence-corrected chi connectivity index (χ4v) is 1.69. The molecule has 20 heavy (non-hydrogen) atoms. The monoisotopic (exact) mass is 277 g/mol. The summed E-state index contributed by atoms with van der Waals surface area (Å²) < 4.78 is 5.15. The molecule has 0 spiro atoms. The Morgan fingerprint density at radius 2 is 1.85 bits per heavy atom. The van der Waals surface area contributed by atoms with Crippen LogP contribution < -0.4 is 15.4 Å². The SMILES string of the molecule is CN=C(NCCc1ccc(OC)cc1)NC(C)C(C)C. The fourth-order valence-electron chi connectivity index (χ4n) is 1.69. The third-order valence-electron chi connectivity index (χ3n) is 3.45. The van der Waals surface area contributed by atoms with Crippen LogP contribution in [0, 0.1) is 5.92 Å². The van der Waals surface area contributed by atoms with Crippen molar-refractivity contribution >= 4 is 5.96 Å². The van der Waals surface area contributed by atoms with Gasteiger partial charge in [-0.3, -0.25) is 4.99 Å². The van der Waals surface area contributed by atoms with E-state index in [-0.39, 0.29) is 0 Å². The number of methoxy groups -OCH3 is 1. The van der Waals surface area contributed by atoms with Crippen molar-refractivity contribution in [2.75, 3.05) is 20.7 Å². The van der Waals surface area contributed by atoms with Gasteiger partial charge in [0.05, 0.1) is 7.11 Å². The lowest BCUT2D eigenvalue weighted by Gasteiger charge is -2.20. The Kier molecular flexibility index (Phi) is 6.91. The van der Waals surface area contributed by atoms with Crippen molar-refractivity contribution < 1.29 is 4.74 Å². The van der Waals surface area contributed by atoms with Gasteiger partial charge in [0.2, 0.25) is 0 Å². The quantitative estimate of drug-likeness (QED) is 0.620. The van der Waals surface area contributed by atoms with Gasteiger partial charge in [0.1, 0.15) is 5.75 Å². The van der Waals surface area contributed by atoms with E-state index in [9.17, 15) is 0 Å². The zero-order valence-electron chi connectivity index (χ0n) is 13.2. The molecule has 1 unspecified atom stereocenters. The first kappa shape index (κ1) is 16.3. The normalized spacial score (nSPS) is 13.2. The molecule has 0 aliphatic carbocycles. The smallest absolute Gasteiger partial charge is 0.191 e. The number of nitrogens with zero attached hydrogens (tertiary/aromatic N) is 1. The predicted octanol–water partition coefficient (Wildman–Crippen LogP) is 2.45. The van der Waals surface area contributed by atoms with Gasteiger partial charge < -0.3 is 15.4 Å². The molecule has 4 heteroatoms. The molecule has 1 atom stereocenters. The van der Waals surface area contributed by atoms with Crippen molar-refractivity contribution in [2.45, 2.75) is 33.2 Å². The van der Waals surface area contributed by atoms with Crippen molar-refractivity contribution in [3.8, 4) is 5.75 Å². The highest BCUT2D eigenvalue weighted by molar-refractivity contribution is 5.79. The second kappa shape index (κ2) is 8.46. The van der Waals surface area contributed by atoms with Gasteiger partial charge in [0, 0.05) is 19.6 Å². The lowest BCUT2D eigenvalue weighted by Crippen LogP contribution is -2.44. The predicted molar refractivity (Wildman–Crippen MR) is 85.5 cm³/mol. The average molecular weight is 277 g/mol.